The predicted molar refractivity (Wildman–Crippen MR) is 94.9 cm³/mol. The van der Waals surface area contributed by atoms with E-state index in [2.05, 4.69) is 4.98 Å². The second-order valence-electron chi connectivity index (χ2n) is 5.95. The SMILES string of the molecule is Cc1cc(C(=O)N2CCN(C(=O)Cc3ccccn3)CC2)sc1C=O. The minimum atomic E-state index is -0.0713. The van der Waals surface area contributed by atoms with E-state index in [0.29, 0.717) is 35.9 Å². The molecular weight excluding hydrogens is 338 g/mol. The molecule has 0 aliphatic carbocycles. The molecule has 1 aliphatic rings. The molecule has 2 aromatic heterocycles. The van der Waals surface area contributed by atoms with Crippen LogP contribution in [0.15, 0.2) is 30.5 Å². The molecule has 0 N–H and O–H groups in total. The van der Waals surface area contributed by atoms with Gasteiger partial charge in [-0.2, -0.15) is 0 Å². The number of nitrogens with zero attached hydrogens (tertiary/aromatic N) is 3. The maximum atomic E-state index is 12.6. The first-order chi connectivity index (χ1) is 12.1. The molecule has 3 heterocycles. The summed E-state index contributed by atoms with van der Waals surface area (Å²) in [6, 6.07) is 7.28. The number of amides is 2. The number of thiophene rings is 1. The highest BCUT2D eigenvalue weighted by molar-refractivity contribution is 7.15. The van der Waals surface area contributed by atoms with E-state index >= 15 is 0 Å². The van der Waals surface area contributed by atoms with Gasteiger partial charge < -0.3 is 9.80 Å². The smallest absolute Gasteiger partial charge is 0.264 e. The molecule has 0 bridgehead atoms. The van der Waals surface area contributed by atoms with Gasteiger partial charge in [0.05, 0.1) is 16.2 Å². The van der Waals surface area contributed by atoms with Gasteiger partial charge in [-0.05, 0) is 30.7 Å². The van der Waals surface area contributed by atoms with Crippen LogP contribution >= 0.6 is 11.3 Å². The molecule has 7 heteroatoms. The van der Waals surface area contributed by atoms with E-state index < -0.39 is 0 Å². The molecule has 3 rings (SSSR count). The van der Waals surface area contributed by atoms with Gasteiger partial charge in [-0.25, -0.2) is 0 Å². The first kappa shape index (κ1) is 17.3. The highest BCUT2D eigenvalue weighted by atomic mass is 32.1. The third-order valence-corrected chi connectivity index (χ3v) is 5.40. The summed E-state index contributed by atoms with van der Waals surface area (Å²) in [5.74, 6) is -0.0426. The molecule has 0 saturated carbocycles. The monoisotopic (exact) mass is 357 g/mol. The van der Waals surface area contributed by atoms with Gasteiger partial charge in [0.1, 0.15) is 0 Å². The zero-order valence-corrected chi connectivity index (χ0v) is 14.8. The van der Waals surface area contributed by atoms with Crippen molar-refractivity contribution in [3.8, 4) is 0 Å². The zero-order chi connectivity index (χ0) is 17.8. The number of aldehydes is 1. The first-order valence-electron chi connectivity index (χ1n) is 8.11. The van der Waals surface area contributed by atoms with Crippen molar-refractivity contribution in [1.82, 2.24) is 14.8 Å². The van der Waals surface area contributed by atoms with E-state index in [-0.39, 0.29) is 18.2 Å². The van der Waals surface area contributed by atoms with Crippen LogP contribution in [0.5, 0.6) is 0 Å². The lowest BCUT2D eigenvalue weighted by molar-refractivity contribution is -0.132. The van der Waals surface area contributed by atoms with Gasteiger partial charge >= 0.3 is 0 Å². The fourth-order valence-corrected chi connectivity index (χ4v) is 3.76. The summed E-state index contributed by atoms with van der Waals surface area (Å²) in [7, 11) is 0. The summed E-state index contributed by atoms with van der Waals surface area (Å²) in [6.45, 7) is 3.86. The Morgan fingerprint density at radius 1 is 1.20 bits per heavy atom. The van der Waals surface area contributed by atoms with Crippen molar-refractivity contribution in [2.24, 2.45) is 0 Å². The molecule has 1 fully saturated rings. The number of piperazine rings is 1. The van der Waals surface area contributed by atoms with Gasteiger partial charge in [0.15, 0.2) is 6.29 Å². The summed E-state index contributed by atoms with van der Waals surface area (Å²) in [5, 5.41) is 0. The van der Waals surface area contributed by atoms with Crippen LogP contribution < -0.4 is 0 Å². The molecule has 0 radical (unpaired) electrons. The topological polar surface area (TPSA) is 70.6 Å². The van der Waals surface area contributed by atoms with E-state index in [1.165, 1.54) is 11.3 Å². The molecule has 0 spiro atoms. The van der Waals surface area contributed by atoms with E-state index in [4.69, 9.17) is 0 Å². The van der Waals surface area contributed by atoms with Crippen LogP contribution in [-0.4, -0.2) is 59.1 Å². The highest BCUT2D eigenvalue weighted by Gasteiger charge is 2.26. The lowest BCUT2D eigenvalue weighted by Crippen LogP contribution is -2.50. The van der Waals surface area contributed by atoms with Crippen LogP contribution in [-0.2, 0) is 11.2 Å². The van der Waals surface area contributed by atoms with Gasteiger partial charge in [0.2, 0.25) is 5.91 Å². The minimum Gasteiger partial charge on any atom is -0.339 e. The lowest BCUT2D eigenvalue weighted by atomic mass is 10.2. The third-order valence-electron chi connectivity index (χ3n) is 4.25. The Balaban J connectivity index is 1.56. The summed E-state index contributed by atoms with van der Waals surface area (Å²) in [4.78, 5) is 44.7. The standard InChI is InChI=1S/C18H19N3O3S/c1-13-10-15(25-16(13)12-22)18(24)21-8-6-20(7-9-21)17(23)11-14-4-2-3-5-19-14/h2-5,10,12H,6-9,11H2,1H3. The molecule has 2 aromatic rings. The van der Waals surface area contributed by atoms with Crippen molar-refractivity contribution in [3.05, 3.63) is 51.5 Å². The molecule has 1 aliphatic heterocycles. The van der Waals surface area contributed by atoms with Crippen molar-refractivity contribution < 1.29 is 14.4 Å². The van der Waals surface area contributed by atoms with Crippen molar-refractivity contribution in [3.63, 3.8) is 0 Å². The number of carbonyl (C=O) groups excluding carboxylic acids is 3. The minimum absolute atomic E-state index is 0.0287. The summed E-state index contributed by atoms with van der Waals surface area (Å²) in [5.41, 5.74) is 1.58. The van der Waals surface area contributed by atoms with Gasteiger partial charge in [-0.1, -0.05) is 6.07 Å². The molecule has 130 valence electrons. The molecule has 0 aromatic carbocycles. The van der Waals surface area contributed by atoms with Gasteiger partial charge in [-0.15, -0.1) is 11.3 Å². The van der Waals surface area contributed by atoms with Crippen molar-refractivity contribution in [2.75, 3.05) is 26.2 Å². The Morgan fingerprint density at radius 2 is 1.92 bits per heavy atom. The molecule has 0 atom stereocenters. The normalized spacial score (nSPS) is 14.4. The average molecular weight is 357 g/mol. The number of carbonyl (C=O) groups is 3. The number of hydrogen-bond acceptors (Lipinski definition) is 5. The largest absolute Gasteiger partial charge is 0.339 e. The second-order valence-corrected chi connectivity index (χ2v) is 7.03. The van der Waals surface area contributed by atoms with Crippen molar-refractivity contribution >= 4 is 29.4 Å². The quantitative estimate of drug-likeness (QED) is 0.782. The molecule has 2 amide bonds. The van der Waals surface area contributed by atoms with Crippen LogP contribution in [0.2, 0.25) is 0 Å². The summed E-state index contributed by atoms with van der Waals surface area (Å²) < 4.78 is 0. The fraction of sp³-hybridized carbons (Fsp3) is 0.333. The average Bonchev–Trinajstić information content (AvgIpc) is 3.03. The fourth-order valence-electron chi connectivity index (χ4n) is 2.80. The Bertz CT molecular complexity index is 780. The number of rotatable bonds is 4. The van der Waals surface area contributed by atoms with Gasteiger partial charge in [-0.3, -0.25) is 19.4 Å². The Kier molecular flexibility index (Phi) is 5.23. The molecular formula is C18H19N3O3S. The van der Waals surface area contributed by atoms with Crippen LogP contribution in [0.3, 0.4) is 0 Å². The first-order valence-corrected chi connectivity index (χ1v) is 8.92. The maximum Gasteiger partial charge on any atom is 0.264 e. The number of pyridine rings is 1. The van der Waals surface area contributed by atoms with Crippen LogP contribution in [0.1, 0.15) is 30.6 Å². The predicted octanol–water partition coefficient (Wildman–Crippen LogP) is 1.79. The van der Waals surface area contributed by atoms with E-state index in [9.17, 15) is 14.4 Å². The van der Waals surface area contributed by atoms with Crippen LogP contribution in [0, 0.1) is 6.92 Å². The van der Waals surface area contributed by atoms with Crippen molar-refractivity contribution in [1.29, 1.82) is 0 Å². The molecule has 6 nitrogen and oxygen atoms in total. The Labute approximate surface area is 150 Å². The Morgan fingerprint density at radius 3 is 2.52 bits per heavy atom. The number of hydrogen-bond donors (Lipinski definition) is 0. The number of aryl methyl sites for hydroxylation is 1. The van der Waals surface area contributed by atoms with E-state index in [0.717, 1.165) is 17.5 Å². The van der Waals surface area contributed by atoms with E-state index in [1.807, 2.05) is 25.1 Å². The van der Waals surface area contributed by atoms with E-state index in [1.54, 1.807) is 22.1 Å². The van der Waals surface area contributed by atoms with Crippen LogP contribution in [0.25, 0.3) is 0 Å². The Hall–Kier alpha value is -2.54. The third kappa shape index (κ3) is 3.93. The molecule has 0 unspecified atom stereocenters. The molecule has 1 saturated heterocycles. The molecule has 25 heavy (non-hydrogen) atoms. The highest BCUT2D eigenvalue weighted by Crippen LogP contribution is 2.22. The van der Waals surface area contributed by atoms with Crippen molar-refractivity contribution in [2.45, 2.75) is 13.3 Å². The summed E-state index contributed by atoms with van der Waals surface area (Å²) in [6.07, 6.45) is 2.74. The zero-order valence-electron chi connectivity index (χ0n) is 14.0. The number of aromatic nitrogens is 1. The van der Waals surface area contributed by atoms with Gasteiger partial charge in [0, 0.05) is 38.1 Å². The summed E-state index contributed by atoms with van der Waals surface area (Å²) >= 11 is 1.22. The lowest BCUT2D eigenvalue weighted by Gasteiger charge is -2.34. The van der Waals surface area contributed by atoms with Crippen LogP contribution in [0.4, 0.5) is 0 Å². The maximum absolute atomic E-state index is 12.6. The second kappa shape index (κ2) is 7.57. The van der Waals surface area contributed by atoms with Gasteiger partial charge in [0.25, 0.3) is 5.91 Å².